The minimum absolute atomic E-state index is 0.107. The van der Waals surface area contributed by atoms with E-state index in [-0.39, 0.29) is 11.9 Å². The van der Waals surface area contributed by atoms with Crippen LogP contribution in [0.3, 0.4) is 0 Å². The summed E-state index contributed by atoms with van der Waals surface area (Å²) in [6.45, 7) is 1.53. The van der Waals surface area contributed by atoms with E-state index < -0.39 is 0 Å². The molecule has 4 aromatic rings. The maximum absolute atomic E-state index is 9.84. The fraction of sp³-hybridized carbons (Fsp3) is 0.259. The van der Waals surface area contributed by atoms with Crippen LogP contribution < -0.4 is 9.47 Å². The van der Waals surface area contributed by atoms with Crippen molar-refractivity contribution in [3.05, 3.63) is 65.9 Å². The van der Waals surface area contributed by atoms with E-state index in [2.05, 4.69) is 27.3 Å². The third-order valence-corrected chi connectivity index (χ3v) is 6.56. The molecule has 0 unspecified atom stereocenters. The average molecular weight is 456 g/mol. The number of methoxy groups -OCH3 is 1. The number of ether oxygens (including phenoxy) is 3. The molecule has 1 saturated heterocycles. The van der Waals surface area contributed by atoms with Crippen molar-refractivity contribution in [2.75, 3.05) is 20.3 Å². The zero-order valence-corrected chi connectivity index (χ0v) is 18.9. The lowest BCUT2D eigenvalue weighted by Crippen LogP contribution is -2.25. The molecule has 2 N–H and O–H groups in total. The van der Waals surface area contributed by atoms with Gasteiger partial charge in [0.25, 0.3) is 0 Å². The molecule has 2 aromatic carbocycles. The molecule has 7 heteroatoms. The van der Waals surface area contributed by atoms with Crippen LogP contribution >= 0.6 is 0 Å². The van der Waals surface area contributed by atoms with E-state index in [1.165, 1.54) is 23.8 Å². The standard InChI is InChI=1S/C27H25N3O4/c1-32-25-14-16(3-7-24(25)31)23-6-2-17(15-28-23)26-22-13-18-12-20(34-19-8-10-33-11-9-19)4-5-21(18)27(22)30-29-26/h2-7,12,14-15,19,31H,8-11,13H2,1H3,(H,29,30). The van der Waals surface area contributed by atoms with Gasteiger partial charge in [0.05, 0.1) is 37.4 Å². The monoisotopic (exact) mass is 455 g/mol. The number of phenols is 1. The van der Waals surface area contributed by atoms with Gasteiger partial charge in [-0.1, -0.05) is 0 Å². The van der Waals surface area contributed by atoms with E-state index in [4.69, 9.17) is 14.2 Å². The van der Waals surface area contributed by atoms with Crippen LogP contribution in [0.2, 0.25) is 0 Å². The first kappa shape index (κ1) is 20.7. The molecule has 172 valence electrons. The van der Waals surface area contributed by atoms with Crippen molar-refractivity contribution in [2.24, 2.45) is 0 Å². The maximum Gasteiger partial charge on any atom is 0.161 e. The summed E-state index contributed by atoms with van der Waals surface area (Å²) in [7, 11) is 1.53. The molecule has 1 aliphatic carbocycles. The number of aromatic amines is 1. The number of aromatic hydroxyl groups is 1. The second-order valence-corrected chi connectivity index (χ2v) is 8.67. The number of nitrogens with one attached hydrogen (secondary N) is 1. The zero-order valence-electron chi connectivity index (χ0n) is 18.9. The Balaban J connectivity index is 1.24. The number of phenolic OH excluding ortho intramolecular Hbond substituents is 1. The molecule has 1 fully saturated rings. The van der Waals surface area contributed by atoms with Gasteiger partial charge in [0, 0.05) is 47.7 Å². The molecule has 0 spiro atoms. The Bertz CT molecular complexity index is 1340. The highest BCUT2D eigenvalue weighted by Crippen LogP contribution is 2.41. The number of fused-ring (bicyclic) bond motifs is 3. The molecule has 34 heavy (non-hydrogen) atoms. The van der Waals surface area contributed by atoms with Crippen molar-refractivity contribution < 1.29 is 19.3 Å². The van der Waals surface area contributed by atoms with E-state index >= 15 is 0 Å². The Morgan fingerprint density at radius 3 is 2.68 bits per heavy atom. The third kappa shape index (κ3) is 3.68. The van der Waals surface area contributed by atoms with E-state index in [1.54, 1.807) is 12.1 Å². The van der Waals surface area contributed by atoms with Gasteiger partial charge in [0.15, 0.2) is 11.5 Å². The van der Waals surface area contributed by atoms with Crippen LogP contribution in [-0.2, 0) is 11.2 Å². The number of nitrogens with zero attached hydrogens (tertiary/aromatic N) is 2. The first-order chi connectivity index (χ1) is 16.7. The lowest BCUT2D eigenvalue weighted by atomic mass is 10.1. The summed E-state index contributed by atoms with van der Waals surface area (Å²) in [6, 6.07) is 15.5. The van der Waals surface area contributed by atoms with Crippen LogP contribution in [0.5, 0.6) is 17.2 Å². The van der Waals surface area contributed by atoms with Crippen LogP contribution in [0.15, 0.2) is 54.7 Å². The van der Waals surface area contributed by atoms with Gasteiger partial charge >= 0.3 is 0 Å². The quantitative estimate of drug-likeness (QED) is 0.388. The number of hydrogen-bond acceptors (Lipinski definition) is 6. The van der Waals surface area contributed by atoms with Gasteiger partial charge in [-0.2, -0.15) is 5.10 Å². The summed E-state index contributed by atoms with van der Waals surface area (Å²) in [5.74, 6) is 1.45. The molecule has 0 atom stereocenters. The minimum atomic E-state index is 0.107. The predicted molar refractivity (Wildman–Crippen MR) is 128 cm³/mol. The number of aromatic nitrogens is 3. The van der Waals surface area contributed by atoms with Gasteiger partial charge in [-0.3, -0.25) is 10.1 Å². The van der Waals surface area contributed by atoms with Crippen molar-refractivity contribution in [1.29, 1.82) is 0 Å². The molecular weight excluding hydrogens is 430 g/mol. The van der Waals surface area contributed by atoms with Crippen molar-refractivity contribution in [3.8, 4) is 51.0 Å². The van der Waals surface area contributed by atoms with Crippen molar-refractivity contribution in [1.82, 2.24) is 15.2 Å². The molecule has 6 rings (SSSR count). The van der Waals surface area contributed by atoms with Crippen molar-refractivity contribution in [2.45, 2.75) is 25.4 Å². The number of pyridine rings is 1. The Morgan fingerprint density at radius 2 is 1.88 bits per heavy atom. The van der Waals surface area contributed by atoms with Gasteiger partial charge in [-0.15, -0.1) is 0 Å². The largest absolute Gasteiger partial charge is 0.504 e. The van der Waals surface area contributed by atoms with E-state index in [0.717, 1.165) is 66.4 Å². The topological polar surface area (TPSA) is 89.5 Å². The second kappa shape index (κ2) is 8.50. The normalized spacial score (nSPS) is 15.1. The molecule has 0 saturated carbocycles. The van der Waals surface area contributed by atoms with Crippen LogP contribution in [0.25, 0.3) is 33.8 Å². The SMILES string of the molecule is COc1cc(-c2ccc(-c3n[nH]c4c3Cc3cc(OC5CCOCC5)ccc3-4)cn2)ccc1O. The highest BCUT2D eigenvalue weighted by molar-refractivity contribution is 5.81. The smallest absolute Gasteiger partial charge is 0.161 e. The molecule has 1 aliphatic heterocycles. The summed E-state index contributed by atoms with van der Waals surface area (Å²) in [5.41, 5.74) is 8.21. The first-order valence-corrected chi connectivity index (χ1v) is 11.5. The molecule has 2 aromatic heterocycles. The van der Waals surface area contributed by atoms with Crippen molar-refractivity contribution >= 4 is 0 Å². The molecule has 3 heterocycles. The Labute approximate surface area is 197 Å². The fourth-order valence-electron chi connectivity index (χ4n) is 4.75. The van der Waals surface area contributed by atoms with E-state index in [0.29, 0.717) is 5.75 Å². The molecule has 0 radical (unpaired) electrons. The van der Waals surface area contributed by atoms with Gasteiger partial charge in [0.1, 0.15) is 11.9 Å². The molecule has 7 nitrogen and oxygen atoms in total. The van der Waals surface area contributed by atoms with Crippen LogP contribution in [0.1, 0.15) is 24.0 Å². The summed E-state index contributed by atoms with van der Waals surface area (Å²) in [6.07, 6.45) is 4.74. The number of H-pyrrole nitrogens is 1. The first-order valence-electron chi connectivity index (χ1n) is 11.5. The number of rotatable bonds is 5. The summed E-state index contributed by atoms with van der Waals surface area (Å²) in [4.78, 5) is 4.64. The van der Waals surface area contributed by atoms with Crippen LogP contribution in [0, 0.1) is 0 Å². The molecular formula is C27H25N3O4. The lowest BCUT2D eigenvalue weighted by Gasteiger charge is -2.23. The van der Waals surface area contributed by atoms with Crippen molar-refractivity contribution in [3.63, 3.8) is 0 Å². The van der Waals surface area contributed by atoms with E-state index in [9.17, 15) is 5.11 Å². The Kier molecular flexibility index (Phi) is 5.19. The average Bonchev–Trinajstić information content (AvgIpc) is 3.44. The van der Waals surface area contributed by atoms with Crippen LogP contribution in [-0.4, -0.2) is 46.7 Å². The number of hydrogen-bond donors (Lipinski definition) is 2. The predicted octanol–water partition coefficient (Wildman–Crippen LogP) is 4.98. The lowest BCUT2D eigenvalue weighted by molar-refractivity contribution is 0.0255. The summed E-state index contributed by atoms with van der Waals surface area (Å²) in [5, 5.41) is 17.7. The Morgan fingerprint density at radius 1 is 1.03 bits per heavy atom. The van der Waals surface area contributed by atoms with E-state index in [1.807, 2.05) is 30.5 Å². The van der Waals surface area contributed by atoms with Gasteiger partial charge in [0.2, 0.25) is 0 Å². The zero-order chi connectivity index (χ0) is 23.1. The Hall–Kier alpha value is -3.84. The minimum Gasteiger partial charge on any atom is -0.504 e. The highest BCUT2D eigenvalue weighted by atomic mass is 16.5. The maximum atomic E-state index is 9.84. The third-order valence-electron chi connectivity index (χ3n) is 6.56. The molecule has 0 bridgehead atoms. The van der Waals surface area contributed by atoms with Gasteiger partial charge < -0.3 is 19.3 Å². The van der Waals surface area contributed by atoms with Gasteiger partial charge in [-0.05, 0) is 54.1 Å². The highest BCUT2D eigenvalue weighted by Gasteiger charge is 2.26. The van der Waals surface area contributed by atoms with Crippen LogP contribution in [0.4, 0.5) is 0 Å². The molecule has 0 amide bonds. The van der Waals surface area contributed by atoms with Gasteiger partial charge in [-0.25, -0.2) is 0 Å². The fourth-order valence-corrected chi connectivity index (χ4v) is 4.75. The summed E-state index contributed by atoms with van der Waals surface area (Å²) < 4.78 is 16.9. The number of benzene rings is 2. The second-order valence-electron chi connectivity index (χ2n) is 8.67. The molecule has 2 aliphatic rings. The summed E-state index contributed by atoms with van der Waals surface area (Å²) >= 11 is 0.